The highest BCUT2D eigenvalue weighted by atomic mass is 16.3. The summed E-state index contributed by atoms with van der Waals surface area (Å²) >= 11 is 0. The number of aliphatic hydroxyl groups is 3. The highest BCUT2D eigenvalue weighted by Crippen LogP contribution is 2.65. The summed E-state index contributed by atoms with van der Waals surface area (Å²) in [6, 6.07) is 8.38. The van der Waals surface area contributed by atoms with Crippen LogP contribution in [-0.2, 0) is 33.6 Å². The van der Waals surface area contributed by atoms with E-state index < -0.39 is 68.6 Å². The van der Waals surface area contributed by atoms with Crippen molar-refractivity contribution in [3.05, 3.63) is 80.6 Å². The van der Waals surface area contributed by atoms with Crippen LogP contribution in [0, 0.1) is 28.6 Å². The molecule has 49 heavy (non-hydrogen) atoms. The first kappa shape index (κ1) is 34.5. The van der Waals surface area contributed by atoms with Gasteiger partial charge in [0.25, 0.3) is 0 Å². The average Bonchev–Trinajstić information content (AvgIpc) is 3.25. The van der Waals surface area contributed by atoms with E-state index in [1.54, 1.807) is 58.0 Å². The van der Waals surface area contributed by atoms with E-state index in [2.05, 4.69) is 6.92 Å². The summed E-state index contributed by atoms with van der Waals surface area (Å²) in [7, 11) is 0. The maximum atomic E-state index is 14.7. The fourth-order valence-electron chi connectivity index (χ4n) is 9.68. The zero-order valence-corrected chi connectivity index (χ0v) is 28.9. The van der Waals surface area contributed by atoms with E-state index in [9.17, 15) is 44.4 Å². The quantitative estimate of drug-likeness (QED) is 0.146. The zero-order valence-electron chi connectivity index (χ0n) is 28.9. The summed E-state index contributed by atoms with van der Waals surface area (Å²) in [5, 5.41) is 47.8. The van der Waals surface area contributed by atoms with Gasteiger partial charge in [-0.25, -0.2) is 0 Å². The molecule has 4 N–H and O–H groups in total. The summed E-state index contributed by atoms with van der Waals surface area (Å²) < 4.78 is 0. The molecule has 4 atom stereocenters. The Balaban J connectivity index is 1.56. The maximum absolute atomic E-state index is 14.7. The molecule has 258 valence electrons. The van der Waals surface area contributed by atoms with Gasteiger partial charge in [-0.05, 0) is 61.6 Å². The number of phenols is 1. The average molecular weight is 669 g/mol. The number of hydrogen-bond acceptors (Lipinski definition) is 9. The minimum Gasteiger partial charge on any atom is -0.508 e. The number of aromatic hydroxyl groups is 1. The van der Waals surface area contributed by atoms with Crippen molar-refractivity contribution in [2.24, 2.45) is 28.6 Å². The zero-order chi connectivity index (χ0) is 36.0. The first-order valence-electron chi connectivity index (χ1n) is 17.2. The van der Waals surface area contributed by atoms with Crippen LogP contribution in [0.5, 0.6) is 5.75 Å². The molecule has 0 radical (unpaired) electrons. The van der Waals surface area contributed by atoms with Crippen LogP contribution in [0.1, 0.15) is 110 Å². The van der Waals surface area contributed by atoms with E-state index in [0.29, 0.717) is 23.1 Å². The van der Waals surface area contributed by atoms with Gasteiger partial charge in [0.1, 0.15) is 22.8 Å². The number of carbonyl (C=O) groups is 5. The Kier molecular flexibility index (Phi) is 8.17. The number of ketones is 5. The summed E-state index contributed by atoms with van der Waals surface area (Å²) in [4.78, 5) is 67.9. The molecule has 0 heterocycles. The summed E-state index contributed by atoms with van der Waals surface area (Å²) in [6.45, 7) is 10.1. The van der Waals surface area contributed by atoms with Gasteiger partial charge >= 0.3 is 0 Å². The molecule has 0 aliphatic heterocycles. The molecule has 9 nitrogen and oxygen atoms in total. The van der Waals surface area contributed by atoms with E-state index in [-0.39, 0.29) is 53.3 Å². The van der Waals surface area contributed by atoms with Crippen LogP contribution in [0.15, 0.2) is 47.2 Å². The lowest BCUT2D eigenvalue weighted by molar-refractivity contribution is -0.178. The standard InChI is InChI=1S/C40H44O9/c1-7-8-9-12-21-15-22(16-25-32(43)23-13-10-11-14-24(23)33(25)44)31(42)28-26(21)17-38(5)18-39(6)29(19(2)3)34(45)27(20(4)41)36(47)40(39,49)37(48)30(38)35(28)46/h10-11,13-15,19,25,29,42,46-47,49H,7-9,12,16-18H2,1-6H3/t29?,38-,39-,40+/m1/s1. The summed E-state index contributed by atoms with van der Waals surface area (Å²) in [5.74, 6) is -7.56. The topological polar surface area (TPSA) is 166 Å². The number of aliphatic hydroxyl groups excluding tert-OH is 2. The fraction of sp³-hybridized carbons (Fsp3) is 0.475. The van der Waals surface area contributed by atoms with Gasteiger partial charge < -0.3 is 20.4 Å². The first-order valence-corrected chi connectivity index (χ1v) is 17.2. The lowest BCUT2D eigenvalue weighted by Gasteiger charge is -2.59. The molecular weight excluding hydrogens is 624 g/mol. The SMILES string of the molecule is CCCCCc1cc(CC2C(=O)c3ccccc3C2=O)c(O)c2c1C[C@]1(C)C[C@]3(C)C(C(C)C)C(=O)C(C(C)=O)=C(O)[C@]3(O)C(=O)C1=C2O. The molecule has 0 amide bonds. The van der Waals surface area contributed by atoms with Crippen LogP contribution in [0.25, 0.3) is 5.76 Å². The molecule has 2 aromatic carbocycles. The molecule has 0 spiro atoms. The number of rotatable bonds is 8. The Morgan fingerprint density at radius 2 is 1.55 bits per heavy atom. The predicted molar refractivity (Wildman–Crippen MR) is 181 cm³/mol. The van der Waals surface area contributed by atoms with Crippen LogP contribution in [0.2, 0.25) is 0 Å². The van der Waals surface area contributed by atoms with Crippen molar-refractivity contribution < 1.29 is 44.4 Å². The Labute approximate surface area is 285 Å². The van der Waals surface area contributed by atoms with Crippen molar-refractivity contribution in [3.8, 4) is 5.75 Å². The van der Waals surface area contributed by atoms with Crippen LogP contribution >= 0.6 is 0 Å². The predicted octanol–water partition coefficient (Wildman–Crippen LogP) is 6.16. The second kappa shape index (κ2) is 11.6. The highest BCUT2D eigenvalue weighted by Gasteiger charge is 2.72. The van der Waals surface area contributed by atoms with Gasteiger partial charge in [-0.2, -0.15) is 0 Å². The lowest BCUT2D eigenvalue weighted by atomic mass is 9.43. The Morgan fingerprint density at radius 1 is 0.939 bits per heavy atom. The molecule has 0 saturated heterocycles. The Bertz CT molecular complexity index is 1890. The second-order valence-corrected chi connectivity index (χ2v) is 15.3. The number of unbranched alkanes of at least 4 members (excludes halogenated alkanes) is 2. The molecule has 0 bridgehead atoms. The largest absolute Gasteiger partial charge is 0.508 e. The van der Waals surface area contributed by atoms with E-state index >= 15 is 0 Å². The fourth-order valence-corrected chi connectivity index (χ4v) is 9.68. The van der Waals surface area contributed by atoms with Crippen LogP contribution in [0.4, 0.5) is 0 Å². The van der Waals surface area contributed by atoms with Gasteiger partial charge in [-0.1, -0.05) is 77.8 Å². The van der Waals surface area contributed by atoms with Gasteiger partial charge in [0.2, 0.25) is 5.78 Å². The van der Waals surface area contributed by atoms with Gasteiger partial charge in [-0.15, -0.1) is 0 Å². The molecule has 1 saturated carbocycles. The maximum Gasteiger partial charge on any atom is 0.203 e. The van der Waals surface area contributed by atoms with Gasteiger partial charge in [-0.3, -0.25) is 24.0 Å². The molecular formula is C40H44O9. The van der Waals surface area contributed by atoms with Crippen molar-refractivity contribution in [3.63, 3.8) is 0 Å². The van der Waals surface area contributed by atoms with Crippen molar-refractivity contribution >= 4 is 34.7 Å². The third kappa shape index (κ3) is 4.64. The molecule has 2 aromatic rings. The van der Waals surface area contributed by atoms with Gasteiger partial charge in [0.05, 0.1) is 11.5 Å². The minimum absolute atomic E-state index is 0.00464. The molecule has 9 heteroatoms. The minimum atomic E-state index is -2.71. The Morgan fingerprint density at radius 3 is 2.10 bits per heavy atom. The van der Waals surface area contributed by atoms with Crippen molar-refractivity contribution in [2.45, 2.75) is 92.1 Å². The van der Waals surface area contributed by atoms with Crippen LogP contribution in [-0.4, -0.2) is 54.9 Å². The van der Waals surface area contributed by atoms with E-state index in [1.165, 1.54) is 0 Å². The van der Waals surface area contributed by atoms with E-state index in [0.717, 1.165) is 31.7 Å². The third-order valence-electron chi connectivity index (χ3n) is 11.7. The molecule has 4 aliphatic rings. The number of phenolic OH excluding ortho intramolecular Hbond substituents is 1. The molecule has 0 aromatic heterocycles. The third-order valence-corrected chi connectivity index (χ3v) is 11.7. The Hall–Kier alpha value is -4.37. The lowest BCUT2D eigenvalue weighted by Crippen LogP contribution is -2.69. The number of hydrogen-bond donors (Lipinski definition) is 4. The van der Waals surface area contributed by atoms with Crippen LogP contribution < -0.4 is 0 Å². The van der Waals surface area contributed by atoms with Crippen molar-refractivity contribution in [2.75, 3.05) is 0 Å². The van der Waals surface area contributed by atoms with E-state index in [1.807, 2.05) is 0 Å². The number of fused-ring (bicyclic) bond motifs is 4. The second-order valence-electron chi connectivity index (χ2n) is 15.3. The first-order chi connectivity index (χ1) is 23.0. The van der Waals surface area contributed by atoms with E-state index in [4.69, 9.17) is 0 Å². The number of allylic oxidation sites excluding steroid dienone is 1. The summed E-state index contributed by atoms with van der Waals surface area (Å²) in [6.07, 6.45) is 3.28. The van der Waals surface area contributed by atoms with Gasteiger partial charge in [0.15, 0.2) is 28.7 Å². The summed E-state index contributed by atoms with van der Waals surface area (Å²) in [5.41, 5.74) is -3.88. The monoisotopic (exact) mass is 668 g/mol. The smallest absolute Gasteiger partial charge is 0.203 e. The number of benzene rings is 2. The highest BCUT2D eigenvalue weighted by molar-refractivity contribution is 6.27. The number of aryl methyl sites for hydroxylation is 1. The number of carbonyl (C=O) groups excluding carboxylic acids is 5. The molecule has 4 aliphatic carbocycles. The van der Waals surface area contributed by atoms with Crippen molar-refractivity contribution in [1.29, 1.82) is 0 Å². The molecule has 1 fully saturated rings. The molecule has 6 rings (SSSR count). The van der Waals surface area contributed by atoms with Gasteiger partial charge in [0, 0.05) is 33.4 Å². The molecule has 1 unspecified atom stereocenters. The van der Waals surface area contributed by atoms with Crippen molar-refractivity contribution in [1.82, 2.24) is 0 Å². The normalized spacial score (nSPS) is 28.2. The number of Topliss-reactive ketones (excluding diaryl/α,β-unsaturated/α-hetero) is 5. The van der Waals surface area contributed by atoms with Crippen LogP contribution in [0.3, 0.4) is 0 Å².